The second-order valence-electron chi connectivity index (χ2n) is 3.52. The third-order valence-electron chi connectivity index (χ3n) is 2.02. The van der Waals surface area contributed by atoms with Crippen molar-refractivity contribution in [3.05, 3.63) is 24.0 Å². The number of halogens is 3. The van der Waals surface area contributed by atoms with E-state index in [9.17, 15) is 21.6 Å². The summed E-state index contributed by atoms with van der Waals surface area (Å²) in [6.45, 7) is -2.81. The van der Waals surface area contributed by atoms with Crippen molar-refractivity contribution >= 4 is 15.7 Å². The fourth-order valence-electron chi connectivity index (χ4n) is 1.08. The molecule has 9 heteroatoms. The van der Waals surface area contributed by atoms with Crippen LogP contribution < -0.4 is 10.5 Å². The maximum Gasteiger partial charge on any atom is 0.283 e. The van der Waals surface area contributed by atoms with Gasteiger partial charge < -0.3 is 10.8 Å². The fourth-order valence-corrected chi connectivity index (χ4v) is 2.28. The number of anilines is 1. The molecule has 0 saturated heterocycles. The topological polar surface area (TPSA) is 92.4 Å². The molecule has 0 bridgehead atoms. The highest BCUT2D eigenvalue weighted by molar-refractivity contribution is 7.89. The smallest absolute Gasteiger partial charge is 0.283 e. The summed E-state index contributed by atoms with van der Waals surface area (Å²) in [5.41, 5.74) is 5.06. The number of hydrogen-bond donors (Lipinski definition) is 3. The molecule has 0 radical (unpaired) electrons. The van der Waals surface area contributed by atoms with Gasteiger partial charge in [0.25, 0.3) is 5.92 Å². The first-order valence-electron chi connectivity index (χ1n) is 4.71. The molecule has 0 amide bonds. The van der Waals surface area contributed by atoms with Gasteiger partial charge >= 0.3 is 0 Å². The van der Waals surface area contributed by atoms with E-state index in [0.29, 0.717) is 6.07 Å². The highest BCUT2D eigenvalue weighted by atomic mass is 32.2. The van der Waals surface area contributed by atoms with Crippen LogP contribution in [0, 0.1) is 5.82 Å². The second kappa shape index (κ2) is 5.12. The first-order valence-corrected chi connectivity index (χ1v) is 6.20. The van der Waals surface area contributed by atoms with Crippen LogP contribution in [0.4, 0.5) is 18.9 Å². The van der Waals surface area contributed by atoms with E-state index < -0.39 is 39.8 Å². The van der Waals surface area contributed by atoms with Gasteiger partial charge in [-0.2, -0.15) is 0 Å². The summed E-state index contributed by atoms with van der Waals surface area (Å²) in [4.78, 5) is -0.628. The Morgan fingerprint density at radius 2 is 2.00 bits per heavy atom. The molecule has 0 fully saturated rings. The predicted octanol–water partition coefficient (Wildman–Crippen LogP) is 0.314. The molecule has 0 heterocycles. The van der Waals surface area contributed by atoms with E-state index in [1.54, 1.807) is 4.72 Å². The van der Waals surface area contributed by atoms with Crippen LogP contribution in [0.1, 0.15) is 0 Å². The first-order chi connectivity index (χ1) is 8.18. The van der Waals surface area contributed by atoms with E-state index in [1.165, 1.54) is 0 Å². The van der Waals surface area contributed by atoms with Crippen LogP contribution in [0.25, 0.3) is 0 Å². The van der Waals surface area contributed by atoms with Crippen LogP contribution in [0.2, 0.25) is 0 Å². The highest BCUT2D eigenvalue weighted by Crippen LogP contribution is 2.20. The zero-order valence-corrected chi connectivity index (χ0v) is 9.85. The summed E-state index contributed by atoms with van der Waals surface area (Å²) in [7, 11) is -4.36. The molecule has 5 nitrogen and oxygen atoms in total. The zero-order valence-electron chi connectivity index (χ0n) is 9.03. The number of sulfonamides is 1. The zero-order chi connectivity index (χ0) is 14.0. The lowest BCUT2D eigenvalue weighted by Crippen LogP contribution is -2.39. The summed E-state index contributed by atoms with van der Waals surface area (Å²) in [5, 5.41) is 8.29. The monoisotopic (exact) mass is 284 g/mol. The van der Waals surface area contributed by atoms with Gasteiger partial charge in [0.1, 0.15) is 17.3 Å². The summed E-state index contributed by atoms with van der Waals surface area (Å²) in [6.07, 6.45) is 0. The van der Waals surface area contributed by atoms with E-state index >= 15 is 0 Å². The van der Waals surface area contributed by atoms with Gasteiger partial charge in [0.05, 0.1) is 12.2 Å². The Morgan fingerprint density at radius 1 is 1.39 bits per heavy atom. The minimum Gasteiger partial charge on any atom is -0.398 e. The lowest BCUT2D eigenvalue weighted by molar-refractivity contribution is -0.0437. The standard InChI is InChI=1S/C9H11F3N2O3S/c10-6-1-2-7(13)8(3-6)18(16,17)14-4-9(11,12)5-15/h1-3,14-15H,4-5,13H2. The van der Waals surface area contributed by atoms with Gasteiger partial charge in [-0.3, -0.25) is 0 Å². The number of rotatable bonds is 5. The van der Waals surface area contributed by atoms with Crippen molar-refractivity contribution in [2.24, 2.45) is 0 Å². The van der Waals surface area contributed by atoms with Gasteiger partial charge in [-0.25, -0.2) is 26.3 Å². The molecular formula is C9H11F3N2O3S. The quantitative estimate of drug-likeness (QED) is 0.679. The third kappa shape index (κ3) is 3.59. The second-order valence-corrected chi connectivity index (χ2v) is 5.26. The molecule has 1 aromatic rings. The van der Waals surface area contributed by atoms with Gasteiger partial charge in [0.15, 0.2) is 0 Å². The van der Waals surface area contributed by atoms with Crippen LogP contribution >= 0.6 is 0 Å². The molecule has 0 aliphatic heterocycles. The molecule has 0 saturated carbocycles. The average Bonchev–Trinajstić information content (AvgIpc) is 2.30. The van der Waals surface area contributed by atoms with Crippen LogP contribution in [0.3, 0.4) is 0 Å². The molecule has 0 aromatic heterocycles. The Labute approximate surface area is 101 Å². The molecule has 1 aromatic carbocycles. The minimum absolute atomic E-state index is 0.267. The van der Waals surface area contributed by atoms with E-state index in [-0.39, 0.29) is 5.69 Å². The first kappa shape index (κ1) is 14.7. The lowest BCUT2D eigenvalue weighted by atomic mass is 10.3. The van der Waals surface area contributed by atoms with E-state index in [2.05, 4.69) is 0 Å². The minimum atomic E-state index is -4.36. The Kier molecular flexibility index (Phi) is 4.20. The predicted molar refractivity (Wildman–Crippen MR) is 58.0 cm³/mol. The number of nitrogens with one attached hydrogen (secondary N) is 1. The van der Waals surface area contributed by atoms with Crippen molar-refractivity contribution in [2.45, 2.75) is 10.8 Å². The molecule has 0 unspecified atom stereocenters. The van der Waals surface area contributed by atoms with Crippen molar-refractivity contribution in [3.8, 4) is 0 Å². The van der Waals surface area contributed by atoms with Crippen LogP contribution in [0.15, 0.2) is 23.1 Å². The van der Waals surface area contributed by atoms with Gasteiger partial charge in [-0.15, -0.1) is 0 Å². The molecule has 1 rings (SSSR count). The SMILES string of the molecule is Nc1ccc(F)cc1S(=O)(=O)NCC(F)(F)CO. The number of hydrogen-bond acceptors (Lipinski definition) is 4. The van der Waals surface area contributed by atoms with Gasteiger partial charge in [-0.05, 0) is 18.2 Å². The number of benzene rings is 1. The fraction of sp³-hybridized carbons (Fsp3) is 0.333. The normalized spacial score (nSPS) is 12.7. The van der Waals surface area contributed by atoms with Crippen molar-refractivity contribution in [1.82, 2.24) is 4.72 Å². The van der Waals surface area contributed by atoms with Crippen molar-refractivity contribution in [2.75, 3.05) is 18.9 Å². The highest BCUT2D eigenvalue weighted by Gasteiger charge is 2.30. The van der Waals surface area contributed by atoms with E-state index in [0.717, 1.165) is 12.1 Å². The van der Waals surface area contributed by atoms with Crippen molar-refractivity contribution in [1.29, 1.82) is 0 Å². The maximum absolute atomic E-state index is 12.9. The molecular weight excluding hydrogens is 273 g/mol. The number of alkyl halides is 2. The van der Waals surface area contributed by atoms with Gasteiger partial charge in [0, 0.05) is 0 Å². The molecule has 102 valence electrons. The molecule has 0 aliphatic rings. The van der Waals surface area contributed by atoms with Crippen molar-refractivity contribution < 1.29 is 26.7 Å². The molecule has 0 aliphatic carbocycles. The summed E-state index contributed by atoms with van der Waals surface area (Å²) >= 11 is 0. The average molecular weight is 284 g/mol. The lowest BCUT2D eigenvalue weighted by Gasteiger charge is -2.15. The van der Waals surface area contributed by atoms with E-state index in [4.69, 9.17) is 10.8 Å². The summed E-state index contributed by atoms with van der Waals surface area (Å²) in [5.74, 6) is -4.46. The van der Waals surface area contributed by atoms with Crippen LogP contribution in [-0.4, -0.2) is 32.6 Å². The van der Waals surface area contributed by atoms with Gasteiger partial charge in [-0.1, -0.05) is 0 Å². The molecule has 4 N–H and O–H groups in total. The van der Waals surface area contributed by atoms with Crippen LogP contribution in [-0.2, 0) is 10.0 Å². The number of nitrogen functional groups attached to an aromatic ring is 1. The molecule has 0 atom stereocenters. The van der Waals surface area contributed by atoms with E-state index in [1.807, 2.05) is 0 Å². The number of nitrogens with two attached hydrogens (primary N) is 1. The van der Waals surface area contributed by atoms with Crippen molar-refractivity contribution in [3.63, 3.8) is 0 Å². The Bertz CT molecular complexity index is 534. The molecule has 18 heavy (non-hydrogen) atoms. The Morgan fingerprint density at radius 3 is 2.56 bits per heavy atom. The van der Waals surface area contributed by atoms with Gasteiger partial charge in [0.2, 0.25) is 10.0 Å². The third-order valence-corrected chi connectivity index (χ3v) is 3.47. The maximum atomic E-state index is 12.9. The Balaban J connectivity index is 2.97. The summed E-state index contributed by atoms with van der Waals surface area (Å²) in [6, 6.07) is 2.57. The Hall–Kier alpha value is -1.32. The largest absolute Gasteiger partial charge is 0.398 e. The number of aliphatic hydroxyl groups is 1. The number of aliphatic hydroxyl groups excluding tert-OH is 1. The summed E-state index contributed by atoms with van der Waals surface area (Å²) < 4.78 is 63.0. The molecule has 0 spiro atoms. The van der Waals surface area contributed by atoms with Crippen LogP contribution in [0.5, 0.6) is 0 Å².